The van der Waals surface area contributed by atoms with Gasteiger partial charge in [-0.05, 0) is 50.8 Å². The van der Waals surface area contributed by atoms with Crippen LogP contribution in [0.4, 0.5) is 5.69 Å². The molecule has 0 spiro atoms. The van der Waals surface area contributed by atoms with Gasteiger partial charge in [-0.25, -0.2) is 4.79 Å². The summed E-state index contributed by atoms with van der Waals surface area (Å²) in [6, 6.07) is 3.26. The fourth-order valence-corrected chi connectivity index (χ4v) is 3.11. The molecule has 1 aliphatic rings. The van der Waals surface area contributed by atoms with E-state index < -0.39 is 30.1 Å². The van der Waals surface area contributed by atoms with Crippen LogP contribution in [0.2, 0.25) is 0 Å². The summed E-state index contributed by atoms with van der Waals surface area (Å²) in [5.74, 6) is -1.68. The van der Waals surface area contributed by atoms with E-state index >= 15 is 0 Å². The second-order valence-electron chi connectivity index (χ2n) is 7.20. The number of anilines is 1. The van der Waals surface area contributed by atoms with Crippen molar-refractivity contribution in [2.45, 2.75) is 58.3 Å². The molecule has 1 aromatic carbocycles. The van der Waals surface area contributed by atoms with Gasteiger partial charge in [-0.15, -0.1) is 0 Å². The molecule has 0 amide bonds. The maximum Gasteiger partial charge on any atom is 0.342 e. The van der Waals surface area contributed by atoms with Crippen molar-refractivity contribution in [1.29, 1.82) is 0 Å². The summed E-state index contributed by atoms with van der Waals surface area (Å²) in [4.78, 5) is 24.7. The number of esters is 1. The van der Waals surface area contributed by atoms with Crippen molar-refractivity contribution in [2.24, 2.45) is 5.92 Å². The molecule has 0 aliphatic carbocycles. The van der Waals surface area contributed by atoms with Crippen LogP contribution in [0, 0.1) is 5.92 Å². The summed E-state index contributed by atoms with van der Waals surface area (Å²) in [6.45, 7) is 6.03. The number of phenols is 1. The number of ketones is 1. The molecule has 0 aromatic heterocycles. The van der Waals surface area contributed by atoms with Crippen molar-refractivity contribution in [3.63, 3.8) is 0 Å². The number of aliphatic hydroxyl groups excluding tert-OH is 2. The molecule has 7 nitrogen and oxygen atoms in total. The number of cyclic esters (lactones) is 1. The first kappa shape index (κ1) is 21.9. The molecule has 0 saturated carbocycles. The van der Waals surface area contributed by atoms with Gasteiger partial charge in [0.2, 0.25) is 0 Å². The number of phenolic OH excluding ortho intramolecular Hbond substituents is 1. The summed E-state index contributed by atoms with van der Waals surface area (Å²) in [5, 5.41) is 33.7. The summed E-state index contributed by atoms with van der Waals surface area (Å²) >= 11 is 0. The van der Waals surface area contributed by atoms with E-state index in [9.17, 15) is 24.9 Å². The van der Waals surface area contributed by atoms with E-state index in [1.165, 1.54) is 18.2 Å². The molecule has 7 heteroatoms. The third-order valence-corrected chi connectivity index (χ3v) is 4.98. The first-order valence-corrected chi connectivity index (χ1v) is 9.63. The van der Waals surface area contributed by atoms with E-state index in [-0.39, 0.29) is 23.7 Å². The number of rotatable bonds is 2. The van der Waals surface area contributed by atoms with Crippen molar-refractivity contribution < 1.29 is 29.6 Å². The van der Waals surface area contributed by atoms with Crippen molar-refractivity contribution in [3.05, 3.63) is 35.4 Å². The second kappa shape index (κ2) is 9.71. The SMILES string of the molecule is CCNc1cc(O)c2c(c1)CCCC(O)C(O)C(=O)/C=C\C(C)C(C)OC2=O. The summed E-state index contributed by atoms with van der Waals surface area (Å²) in [5.41, 5.74) is 1.36. The normalized spacial score (nSPS) is 28.0. The van der Waals surface area contributed by atoms with E-state index in [4.69, 9.17) is 4.74 Å². The quantitative estimate of drug-likeness (QED) is 0.571. The standard InChI is InChI=1S/C21H29NO6/c1-4-22-15-10-14-6-5-7-16(23)20(26)17(24)9-8-12(2)13(3)28-21(27)19(14)18(25)11-15/h8-13,16,20,22-23,25-26H,4-7H2,1-3H3/b9-8-. The Morgan fingerprint density at radius 3 is 2.61 bits per heavy atom. The second-order valence-corrected chi connectivity index (χ2v) is 7.20. The largest absolute Gasteiger partial charge is 0.507 e. The van der Waals surface area contributed by atoms with E-state index in [2.05, 4.69) is 5.32 Å². The van der Waals surface area contributed by atoms with Gasteiger partial charge in [0.1, 0.15) is 23.5 Å². The fourth-order valence-electron chi connectivity index (χ4n) is 3.11. The number of fused-ring (bicyclic) bond motifs is 1. The number of carbonyl (C=O) groups excluding carboxylic acids is 2. The maximum absolute atomic E-state index is 12.7. The third-order valence-electron chi connectivity index (χ3n) is 4.98. The predicted molar refractivity (Wildman–Crippen MR) is 105 cm³/mol. The van der Waals surface area contributed by atoms with Crippen LogP contribution in [0.15, 0.2) is 24.3 Å². The van der Waals surface area contributed by atoms with Gasteiger partial charge in [-0.3, -0.25) is 4.79 Å². The lowest BCUT2D eigenvalue weighted by atomic mass is 9.96. The van der Waals surface area contributed by atoms with Crippen LogP contribution >= 0.6 is 0 Å². The zero-order chi connectivity index (χ0) is 20.8. The number of hydrogen-bond acceptors (Lipinski definition) is 7. The lowest BCUT2D eigenvalue weighted by Gasteiger charge is -2.21. The molecule has 0 bridgehead atoms. The molecular weight excluding hydrogens is 362 g/mol. The fraction of sp³-hybridized carbons (Fsp3) is 0.524. The van der Waals surface area contributed by atoms with Crippen LogP contribution in [0.1, 0.15) is 49.5 Å². The van der Waals surface area contributed by atoms with E-state index in [0.717, 1.165) is 0 Å². The minimum Gasteiger partial charge on any atom is -0.507 e. The Bertz CT molecular complexity index is 745. The molecule has 0 saturated heterocycles. The van der Waals surface area contributed by atoms with Crippen LogP contribution in [-0.4, -0.2) is 51.9 Å². The van der Waals surface area contributed by atoms with Gasteiger partial charge in [0.15, 0.2) is 5.78 Å². The zero-order valence-electron chi connectivity index (χ0n) is 16.5. The highest BCUT2D eigenvalue weighted by Gasteiger charge is 2.26. The van der Waals surface area contributed by atoms with Crippen LogP contribution in [0.25, 0.3) is 0 Å². The minimum atomic E-state index is -1.50. The van der Waals surface area contributed by atoms with Gasteiger partial charge in [0.05, 0.1) is 6.10 Å². The molecule has 4 atom stereocenters. The highest BCUT2D eigenvalue weighted by atomic mass is 16.5. The molecule has 28 heavy (non-hydrogen) atoms. The Kier molecular flexibility index (Phi) is 7.60. The molecule has 4 unspecified atom stereocenters. The van der Waals surface area contributed by atoms with Crippen LogP contribution < -0.4 is 5.32 Å². The topological polar surface area (TPSA) is 116 Å². The molecule has 154 valence electrons. The third kappa shape index (κ3) is 5.33. The van der Waals surface area contributed by atoms with Crippen molar-refractivity contribution >= 4 is 17.4 Å². The van der Waals surface area contributed by atoms with Gasteiger partial charge in [0, 0.05) is 24.2 Å². The monoisotopic (exact) mass is 391 g/mol. The zero-order valence-corrected chi connectivity index (χ0v) is 16.5. The Morgan fingerprint density at radius 1 is 1.21 bits per heavy atom. The van der Waals surface area contributed by atoms with Crippen molar-refractivity contribution in [2.75, 3.05) is 11.9 Å². The van der Waals surface area contributed by atoms with Crippen LogP contribution in [-0.2, 0) is 16.0 Å². The highest BCUT2D eigenvalue weighted by molar-refractivity contribution is 5.95. The number of hydrogen-bond donors (Lipinski definition) is 4. The Morgan fingerprint density at radius 2 is 1.93 bits per heavy atom. The number of benzene rings is 1. The molecule has 1 heterocycles. The number of carbonyl (C=O) groups is 2. The number of nitrogens with one attached hydrogen (secondary N) is 1. The molecule has 0 radical (unpaired) electrons. The molecule has 1 aromatic rings. The molecule has 0 fully saturated rings. The van der Waals surface area contributed by atoms with Crippen LogP contribution in [0.5, 0.6) is 5.75 Å². The van der Waals surface area contributed by atoms with E-state index in [0.29, 0.717) is 30.6 Å². The first-order valence-electron chi connectivity index (χ1n) is 9.63. The minimum absolute atomic E-state index is 0.104. The molecule has 4 N–H and O–H groups in total. The van der Waals surface area contributed by atoms with Gasteiger partial charge in [0.25, 0.3) is 0 Å². The maximum atomic E-state index is 12.7. The van der Waals surface area contributed by atoms with Crippen LogP contribution in [0.3, 0.4) is 0 Å². The highest BCUT2D eigenvalue weighted by Crippen LogP contribution is 2.30. The average molecular weight is 391 g/mol. The summed E-state index contributed by atoms with van der Waals surface area (Å²) < 4.78 is 5.50. The van der Waals surface area contributed by atoms with E-state index in [1.54, 1.807) is 19.9 Å². The average Bonchev–Trinajstić information content (AvgIpc) is 2.64. The van der Waals surface area contributed by atoms with Gasteiger partial charge < -0.3 is 25.4 Å². The lowest BCUT2D eigenvalue weighted by molar-refractivity contribution is -0.128. The number of aliphatic hydroxyl groups is 2. The van der Waals surface area contributed by atoms with E-state index in [1.807, 2.05) is 6.92 Å². The van der Waals surface area contributed by atoms with Crippen molar-refractivity contribution in [1.82, 2.24) is 0 Å². The number of ether oxygens (including phenoxy) is 1. The molecule has 2 rings (SSSR count). The Hall–Kier alpha value is -2.38. The molecular formula is C21H29NO6. The Labute approximate surface area is 165 Å². The van der Waals surface area contributed by atoms with Gasteiger partial charge >= 0.3 is 5.97 Å². The lowest BCUT2D eigenvalue weighted by Crippen LogP contribution is -2.33. The molecule has 1 aliphatic heterocycles. The first-order chi connectivity index (χ1) is 13.2. The van der Waals surface area contributed by atoms with Crippen molar-refractivity contribution in [3.8, 4) is 5.75 Å². The van der Waals surface area contributed by atoms with Gasteiger partial charge in [-0.1, -0.05) is 13.0 Å². The predicted octanol–water partition coefficient (Wildman–Crippen LogP) is 2.19. The summed E-state index contributed by atoms with van der Waals surface area (Å²) in [7, 11) is 0. The number of aromatic hydroxyl groups is 1. The summed E-state index contributed by atoms with van der Waals surface area (Å²) in [6.07, 6.45) is 0.458. The smallest absolute Gasteiger partial charge is 0.342 e. The van der Waals surface area contributed by atoms with Gasteiger partial charge in [-0.2, -0.15) is 0 Å². The Balaban J connectivity index is 2.41. The number of aryl methyl sites for hydroxylation is 1.